The Hall–Kier alpha value is -0.830. The summed E-state index contributed by atoms with van der Waals surface area (Å²) >= 11 is 0. The van der Waals surface area contributed by atoms with Gasteiger partial charge >= 0.3 is 0 Å². The maximum absolute atomic E-state index is 4.50. The van der Waals surface area contributed by atoms with E-state index in [4.69, 9.17) is 0 Å². The molecule has 1 aromatic heterocycles. The van der Waals surface area contributed by atoms with Gasteiger partial charge in [-0.3, -0.25) is 0 Å². The van der Waals surface area contributed by atoms with E-state index in [-0.39, 0.29) is 0 Å². The van der Waals surface area contributed by atoms with E-state index in [0.29, 0.717) is 6.04 Å². The number of aromatic amines is 1. The fourth-order valence-corrected chi connectivity index (χ4v) is 3.67. The third kappa shape index (κ3) is 1.19. The van der Waals surface area contributed by atoms with Gasteiger partial charge in [-0.1, -0.05) is 0 Å². The van der Waals surface area contributed by atoms with Crippen LogP contribution in [0.4, 0.5) is 0 Å². The molecule has 2 heterocycles. The molecule has 3 heteroatoms. The van der Waals surface area contributed by atoms with Crippen LogP contribution in [0.2, 0.25) is 0 Å². The summed E-state index contributed by atoms with van der Waals surface area (Å²) in [6.45, 7) is 1.12. The molecule has 3 nitrogen and oxygen atoms in total. The van der Waals surface area contributed by atoms with E-state index in [9.17, 15) is 0 Å². The van der Waals surface area contributed by atoms with Crippen LogP contribution < -0.4 is 5.32 Å². The highest BCUT2D eigenvalue weighted by molar-refractivity contribution is 5.21. The number of H-pyrrole nitrogens is 1. The summed E-state index contributed by atoms with van der Waals surface area (Å²) in [7, 11) is 0. The molecule has 2 aliphatic carbocycles. The second kappa shape index (κ2) is 2.85. The van der Waals surface area contributed by atoms with E-state index in [1.165, 1.54) is 30.7 Å². The van der Waals surface area contributed by atoms with Gasteiger partial charge in [0.1, 0.15) is 0 Å². The molecule has 1 aliphatic heterocycles. The molecule has 0 spiro atoms. The van der Waals surface area contributed by atoms with E-state index in [1.807, 2.05) is 6.33 Å². The van der Waals surface area contributed by atoms with E-state index in [2.05, 4.69) is 15.3 Å². The standard InChI is InChI=1S/C12H17N3/c1-2-13-11(12-10(1)14-6-15-12)9-4-7-3-8(7)5-9/h6-9,11,13H,1-5H2,(H,14,15). The fraction of sp³-hybridized carbons (Fsp3) is 0.750. The average molecular weight is 203 g/mol. The predicted octanol–water partition coefficient (Wildman–Crippen LogP) is 1.64. The molecular weight excluding hydrogens is 186 g/mol. The highest BCUT2D eigenvalue weighted by atomic mass is 15.0. The van der Waals surface area contributed by atoms with Crippen LogP contribution in [0.25, 0.3) is 0 Å². The molecule has 2 N–H and O–H groups in total. The van der Waals surface area contributed by atoms with E-state index in [1.54, 1.807) is 0 Å². The molecule has 0 saturated heterocycles. The number of aromatic nitrogens is 2. The molecule has 15 heavy (non-hydrogen) atoms. The Morgan fingerprint density at radius 3 is 2.80 bits per heavy atom. The summed E-state index contributed by atoms with van der Waals surface area (Å²) in [5, 5.41) is 3.66. The number of imidazole rings is 1. The summed E-state index contributed by atoms with van der Waals surface area (Å²) in [6.07, 6.45) is 7.37. The molecule has 3 unspecified atom stereocenters. The lowest BCUT2D eigenvalue weighted by Gasteiger charge is -2.29. The highest BCUT2D eigenvalue weighted by Crippen LogP contribution is 2.57. The molecule has 2 fully saturated rings. The van der Waals surface area contributed by atoms with Crippen molar-refractivity contribution in [1.29, 1.82) is 0 Å². The average Bonchev–Trinajstić information content (AvgIpc) is 2.72. The second-order valence-corrected chi connectivity index (χ2v) is 5.44. The number of hydrogen-bond acceptors (Lipinski definition) is 2. The Bertz CT molecular complexity index is 374. The molecule has 3 atom stereocenters. The Morgan fingerprint density at radius 1 is 1.13 bits per heavy atom. The van der Waals surface area contributed by atoms with Gasteiger partial charge in [0, 0.05) is 18.7 Å². The monoisotopic (exact) mass is 203 g/mol. The first kappa shape index (κ1) is 8.34. The summed E-state index contributed by atoms with van der Waals surface area (Å²) < 4.78 is 0. The quantitative estimate of drug-likeness (QED) is 0.728. The van der Waals surface area contributed by atoms with Gasteiger partial charge in [-0.2, -0.15) is 0 Å². The van der Waals surface area contributed by atoms with E-state index in [0.717, 1.165) is 30.7 Å². The zero-order valence-electron chi connectivity index (χ0n) is 8.87. The summed E-state index contributed by atoms with van der Waals surface area (Å²) in [4.78, 5) is 7.79. The van der Waals surface area contributed by atoms with Crippen molar-refractivity contribution < 1.29 is 0 Å². The van der Waals surface area contributed by atoms with Crippen LogP contribution >= 0.6 is 0 Å². The van der Waals surface area contributed by atoms with Crippen LogP contribution in [0.5, 0.6) is 0 Å². The van der Waals surface area contributed by atoms with Gasteiger partial charge in [0.2, 0.25) is 0 Å². The highest BCUT2D eigenvalue weighted by Gasteiger charge is 2.48. The largest absolute Gasteiger partial charge is 0.348 e. The van der Waals surface area contributed by atoms with Gasteiger partial charge in [0.15, 0.2) is 0 Å². The molecule has 0 bridgehead atoms. The van der Waals surface area contributed by atoms with Crippen molar-refractivity contribution in [3.63, 3.8) is 0 Å². The van der Waals surface area contributed by atoms with Crippen molar-refractivity contribution in [3.8, 4) is 0 Å². The van der Waals surface area contributed by atoms with E-state index >= 15 is 0 Å². The molecule has 80 valence electrons. The Morgan fingerprint density at radius 2 is 1.93 bits per heavy atom. The Labute approximate surface area is 89.7 Å². The van der Waals surface area contributed by atoms with Gasteiger partial charge in [-0.05, 0) is 37.0 Å². The number of nitrogens with one attached hydrogen (secondary N) is 2. The molecule has 0 aromatic carbocycles. The van der Waals surface area contributed by atoms with Gasteiger partial charge < -0.3 is 10.3 Å². The van der Waals surface area contributed by atoms with Crippen LogP contribution in [0.3, 0.4) is 0 Å². The number of rotatable bonds is 1. The summed E-state index contributed by atoms with van der Waals surface area (Å²) in [5.74, 6) is 3.00. The smallest absolute Gasteiger partial charge is 0.0925 e. The lowest BCUT2D eigenvalue weighted by atomic mass is 9.89. The van der Waals surface area contributed by atoms with Crippen molar-refractivity contribution in [2.45, 2.75) is 31.7 Å². The van der Waals surface area contributed by atoms with Gasteiger partial charge in [0.25, 0.3) is 0 Å². The predicted molar refractivity (Wildman–Crippen MR) is 57.4 cm³/mol. The zero-order chi connectivity index (χ0) is 9.83. The zero-order valence-corrected chi connectivity index (χ0v) is 8.87. The SMILES string of the molecule is c1nc2c([nH]1)CCNC2C1CC2CC2C1. The van der Waals surface area contributed by atoms with Gasteiger partial charge in [-0.15, -0.1) is 0 Å². The van der Waals surface area contributed by atoms with Crippen LogP contribution in [0.1, 0.15) is 36.7 Å². The summed E-state index contributed by atoms with van der Waals surface area (Å²) in [5.41, 5.74) is 2.69. The topological polar surface area (TPSA) is 40.7 Å². The molecule has 2 saturated carbocycles. The maximum Gasteiger partial charge on any atom is 0.0925 e. The van der Waals surface area contributed by atoms with Crippen LogP contribution in [0, 0.1) is 17.8 Å². The number of hydrogen-bond donors (Lipinski definition) is 2. The molecule has 0 amide bonds. The molecule has 0 radical (unpaired) electrons. The van der Waals surface area contributed by atoms with Gasteiger partial charge in [-0.25, -0.2) is 4.98 Å². The first-order valence-electron chi connectivity index (χ1n) is 6.17. The third-order valence-corrected chi connectivity index (χ3v) is 4.54. The minimum absolute atomic E-state index is 0.549. The Kier molecular flexibility index (Phi) is 1.58. The number of nitrogens with zero attached hydrogens (tertiary/aromatic N) is 1. The maximum atomic E-state index is 4.50. The summed E-state index contributed by atoms with van der Waals surface area (Å²) in [6, 6.07) is 0.549. The van der Waals surface area contributed by atoms with Crippen molar-refractivity contribution >= 4 is 0 Å². The van der Waals surface area contributed by atoms with Crippen LogP contribution in [-0.2, 0) is 6.42 Å². The molecule has 1 aromatic rings. The van der Waals surface area contributed by atoms with Crippen LogP contribution in [0.15, 0.2) is 6.33 Å². The van der Waals surface area contributed by atoms with Crippen molar-refractivity contribution in [2.75, 3.05) is 6.54 Å². The third-order valence-electron chi connectivity index (χ3n) is 4.54. The second-order valence-electron chi connectivity index (χ2n) is 5.44. The molecule has 4 rings (SSSR count). The Balaban J connectivity index is 1.62. The molecule has 3 aliphatic rings. The van der Waals surface area contributed by atoms with Crippen molar-refractivity contribution in [1.82, 2.24) is 15.3 Å². The molecular formula is C12H17N3. The first-order chi connectivity index (χ1) is 7.42. The lowest BCUT2D eigenvalue weighted by molar-refractivity contribution is 0.324. The van der Waals surface area contributed by atoms with Gasteiger partial charge in [0.05, 0.1) is 18.1 Å². The van der Waals surface area contributed by atoms with Crippen molar-refractivity contribution in [3.05, 3.63) is 17.7 Å². The fourth-order valence-electron chi connectivity index (χ4n) is 3.67. The minimum atomic E-state index is 0.549. The normalized spacial score (nSPS) is 42.4. The lowest BCUT2D eigenvalue weighted by Crippen LogP contribution is -2.34. The minimum Gasteiger partial charge on any atom is -0.348 e. The number of fused-ring (bicyclic) bond motifs is 2. The van der Waals surface area contributed by atoms with Crippen LogP contribution in [-0.4, -0.2) is 16.5 Å². The van der Waals surface area contributed by atoms with Crippen molar-refractivity contribution in [2.24, 2.45) is 17.8 Å². The van der Waals surface area contributed by atoms with E-state index < -0.39 is 0 Å². The first-order valence-corrected chi connectivity index (χ1v) is 6.17.